The molecule has 0 spiro atoms. The summed E-state index contributed by atoms with van der Waals surface area (Å²) in [6.07, 6.45) is 3.78. The van der Waals surface area contributed by atoms with Crippen molar-refractivity contribution >= 4 is 72.9 Å². The van der Waals surface area contributed by atoms with Crippen LogP contribution in [0.1, 0.15) is 72.5 Å². The fourth-order valence-electron chi connectivity index (χ4n) is 9.27. The SMILES string of the molecule is CC(C)=C1C(=O)N(CCOC(=O)c2cc3cc4c5c(c3oc2=O)CCCN5CCC4)C(=O)/C1=C(\c1cc(-c2c3ccccc3cc3ccccc23)sc1C)C(C)C. The van der Waals surface area contributed by atoms with E-state index in [2.05, 4.69) is 72.5 Å². The van der Waals surface area contributed by atoms with Gasteiger partial charge in [-0.05, 0) is 115 Å². The van der Waals surface area contributed by atoms with Gasteiger partial charge < -0.3 is 14.1 Å². The number of ether oxygens (including phenoxy) is 1. The van der Waals surface area contributed by atoms with Crippen LogP contribution < -0.4 is 10.5 Å². The zero-order valence-electron chi connectivity index (χ0n) is 32.9. The molecule has 0 atom stereocenters. The average molecular weight is 777 g/mol. The predicted octanol–water partition coefficient (Wildman–Crippen LogP) is 9.81. The highest BCUT2D eigenvalue weighted by atomic mass is 32.1. The third-order valence-corrected chi connectivity index (χ3v) is 12.8. The van der Waals surface area contributed by atoms with E-state index in [1.165, 1.54) is 16.2 Å². The van der Waals surface area contributed by atoms with E-state index in [-0.39, 0.29) is 24.6 Å². The van der Waals surface area contributed by atoms with Crippen LogP contribution in [0, 0.1) is 12.8 Å². The summed E-state index contributed by atoms with van der Waals surface area (Å²) >= 11 is 1.69. The quantitative estimate of drug-likeness (QED) is 0.0524. The monoisotopic (exact) mass is 776 g/mol. The minimum Gasteiger partial charge on any atom is -0.460 e. The molecule has 0 N–H and O–H groups in total. The van der Waals surface area contributed by atoms with Gasteiger partial charge in [0.25, 0.3) is 11.8 Å². The zero-order valence-corrected chi connectivity index (χ0v) is 33.7. The minimum atomic E-state index is -0.846. The Labute approximate surface area is 335 Å². The number of allylic oxidation sites excluding steroid dienone is 2. The Balaban J connectivity index is 1.02. The Morgan fingerprint density at radius 2 is 1.49 bits per heavy atom. The van der Waals surface area contributed by atoms with Crippen LogP contribution in [0.25, 0.3) is 48.5 Å². The van der Waals surface area contributed by atoms with Crippen LogP contribution in [0.3, 0.4) is 0 Å². The van der Waals surface area contributed by atoms with Gasteiger partial charge in [0.05, 0.1) is 17.7 Å². The van der Waals surface area contributed by atoms with E-state index in [9.17, 15) is 19.2 Å². The van der Waals surface area contributed by atoms with E-state index in [4.69, 9.17) is 9.15 Å². The van der Waals surface area contributed by atoms with Crippen LogP contribution >= 0.6 is 11.3 Å². The van der Waals surface area contributed by atoms with Crippen LogP contribution in [-0.4, -0.2) is 48.9 Å². The van der Waals surface area contributed by atoms with Crippen LogP contribution in [0.2, 0.25) is 0 Å². The van der Waals surface area contributed by atoms with E-state index < -0.39 is 23.4 Å². The fourth-order valence-corrected chi connectivity index (χ4v) is 10.4. The van der Waals surface area contributed by atoms with Gasteiger partial charge in [0.2, 0.25) is 0 Å². The van der Waals surface area contributed by atoms with Gasteiger partial charge in [-0.1, -0.05) is 68.0 Å². The Bertz CT molecular complexity index is 2780. The van der Waals surface area contributed by atoms with Gasteiger partial charge in [-0.2, -0.15) is 0 Å². The largest absolute Gasteiger partial charge is 0.460 e. The van der Waals surface area contributed by atoms with E-state index in [0.29, 0.717) is 22.1 Å². The number of amides is 2. The number of rotatable bonds is 7. The van der Waals surface area contributed by atoms with Crippen LogP contribution in [0.15, 0.2) is 98.7 Å². The van der Waals surface area contributed by atoms with Crippen molar-refractivity contribution in [2.75, 3.05) is 31.1 Å². The molecule has 5 heterocycles. The number of hydrogen-bond donors (Lipinski definition) is 0. The van der Waals surface area contributed by atoms with E-state index >= 15 is 0 Å². The first-order valence-corrected chi connectivity index (χ1v) is 20.7. The highest BCUT2D eigenvalue weighted by molar-refractivity contribution is 7.16. The number of nitrogens with zero attached hydrogens (tertiary/aromatic N) is 2. The van der Waals surface area contributed by atoms with Gasteiger partial charge >= 0.3 is 11.6 Å². The van der Waals surface area contributed by atoms with Crippen molar-refractivity contribution in [3.8, 4) is 10.4 Å². The van der Waals surface area contributed by atoms with Gasteiger partial charge in [0.15, 0.2) is 0 Å². The number of carbonyl (C=O) groups excluding carboxylic acids is 3. The molecule has 1 saturated heterocycles. The maximum atomic E-state index is 14.4. The Hall–Kier alpha value is -5.80. The molecule has 3 aliphatic rings. The summed E-state index contributed by atoms with van der Waals surface area (Å²) in [7, 11) is 0. The van der Waals surface area contributed by atoms with Crippen molar-refractivity contribution < 1.29 is 23.5 Å². The van der Waals surface area contributed by atoms with Crippen molar-refractivity contribution in [2.45, 2.75) is 60.3 Å². The maximum absolute atomic E-state index is 14.4. The molecule has 4 aromatic carbocycles. The van der Waals surface area contributed by atoms with Crippen molar-refractivity contribution in [1.29, 1.82) is 0 Å². The number of esters is 1. The summed E-state index contributed by atoms with van der Waals surface area (Å²) in [5.41, 5.74) is 7.38. The number of benzene rings is 4. The number of thiophene rings is 1. The Morgan fingerprint density at radius 3 is 2.18 bits per heavy atom. The number of imide groups is 1. The number of anilines is 1. The topological polar surface area (TPSA) is 97.1 Å². The second-order valence-corrected chi connectivity index (χ2v) is 17.2. The molecule has 0 aliphatic carbocycles. The highest BCUT2D eigenvalue weighted by Crippen LogP contribution is 2.46. The molecule has 6 aromatic rings. The van der Waals surface area contributed by atoms with Gasteiger partial charge in [0, 0.05) is 45.0 Å². The van der Waals surface area contributed by atoms with E-state index in [1.807, 2.05) is 33.8 Å². The third kappa shape index (κ3) is 6.11. The molecule has 9 rings (SSSR count). The molecule has 57 heavy (non-hydrogen) atoms. The smallest absolute Gasteiger partial charge is 0.351 e. The van der Waals surface area contributed by atoms with Crippen molar-refractivity contribution in [2.24, 2.45) is 5.92 Å². The van der Waals surface area contributed by atoms with Crippen LogP contribution in [0.5, 0.6) is 0 Å². The maximum Gasteiger partial charge on any atom is 0.351 e. The zero-order chi connectivity index (χ0) is 39.7. The fraction of sp³-hybridized carbons (Fsp3) is 0.292. The highest BCUT2D eigenvalue weighted by Gasteiger charge is 2.42. The molecule has 8 nitrogen and oxygen atoms in total. The molecule has 9 heteroatoms. The molecule has 0 radical (unpaired) electrons. The molecule has 0 bridgehead atoms. The number of aryl methyl sites for hydroxylation is 3. The molecule has 0 saturated carbocycles. The molecule has 2 amide bonds. The lowest BCUT2D eigenvalue weighted by molar-refractivity contribution is -0.137. The molecular formula is C48H44N2O6S. The third-order valence-electron chi connectivity index (χ3n) is 11.7. The summed E-state index contributed by atoms with van der Waals surface area (Å²) in [6.45, 7) is 11.4. The first-order valence-electron chi connectivity index (χ1n) is 19.9. The molecule has 3 aliphatic heterocycles. The summed E-state index contributed by atoms with van der Waals surface area (Å²) in [6, 6.07) is 24.8. The van der Waals surface area contributed by atoms with Crippen molar-refractivity contribution in [3.05, 3.63) is 127 Å². The Kier molecular flexibility index (Phi) is 9.23. The first kappa shape index (κ1) is 36.8. The second-order valence-electron chi connectivity index (χ2n) is 15.9. The van der Waals surface area contributed by atoms with Gasteiger partial charge in [0.1, 0.15) is 17.8 Å². The van der Waals surface area contributed by atoms with E-state index in [0.717, 1.165) is 97.9 Å². The number of fused-ring (bicyclic) bond motifs is 4. The first-order chi connectivity index (χ1) is 27.5. The van der Waals surface area contributed by atoms with E-state index in [1.54, 1.807) is 17.4 Å². The normalized spacial score (nSPS) is 16.4. The van der Waals surface area contributed by atoms with Crippen molar-refractivity contribution in [3.63, 3.8) is 0 Å². The van der Waals surface area contributed by atoms with Crippen LogP contribution in [0.4, 0.5) is 5.69 Å². The predicted molar refractivity (Wildman–Crippen MR) is 228 cm³/mol. The summed E-state index contributed by atoms with van der Waals surface area (Å²) in [5, 5.41) is 5.32. The average Bonchev–Trinajstić information content (AvgIpc) is 3.68. The molecule has 0 unspecified atom stereocenters. The second kappa shape index (κ2) is 14.3. The minimum absolute atomic E-state index is 0.0929. The lowest BCUT2D eigenvalue weighted by Crippen LogP contribution is -2.34. The summed E-state index contributed by atoms with van der Waals surface area (Å²) < 4.78 is 11.4. The number of hydrogen-bond acceptors (Lipinski definition) is 8. The van der Waals surface area contributed by atoms with Gasteiger partial charge in [-0.15, -0.1) is 11.3 Å². The molecule has 2 aromatic heterocycles. The summed E-state index contributed by atoms with van der Waals surface area (Å²) in [5.74, 6) is -1.78. The lowest BCUT2D eigenvalue weighted by atomic mass is 9.86. The number of carbonyl (C=O) groups is 3. The van der Waals surface area contributed by atoms with Crippen molar-refractivity contribution in [1.82, 2.24) is 4.90 Å². The molecular weight excluding hydrogens is 733 g/mol. The Morgan fingerprint density at radius 1 is 0.825 bits per heavy atom. The van der Waals surface area contributed by atoms with Gasteiger partial charge in [-0.25, -0.2) is 9.59 Å². The van der Waals surface area contributed by atoms with Gasteiger partial charge in [-0.3, -0.25) is 14.5 Å². The standard InChI is InChI=1S/C48H44N2O6S/c1-26(2)39(36-25-38(57-28(36)5)41-33-15-8-6-12-29(33)22-30-13-7-9-16-34(30)41)42-40(27(3)4)45(51)50(46(42)52)20-21-55-47(53)37-24-32-23-31-14-10-18-49-19-11-17-35(43(31)49)44(32)56-48(37)54/h6-9,12-13,15-16,22-26H,10-11,14,17-21H2,1-5H3/b42-39-. The lowest BCUT2D eigenvalue weighted by Gasteiger charge is -2.37. The summed E-state index contributed by atoms with van der Waals surface area (Å²) in [4.78, 5) is 60.8. The van der Waals surface area contributed by atoms with Crippen LogP contribution in [-0.2, 0) is 27.2 Å². The number of likely N-dealkylation sites (tertiary alicyclic amines) is 1. The molecule has 288 valence electrons. The molecule has 1 fully saturated rings.